The number of carbonyl (C=O) groups excluding carboxylic acids is 1. The van der Waals surface area contributed by atoms with Crippen molar-refractivity contribution >= 4 is 23.2 Å². The van der Waals surface area contributed by atoms with Gasteiger partial charge in [0, 0.05) is 31.7 Å². The van der Waals surface area contributed by atoms with Crippen LogP contribution >= 0.6 is 11.6 Å². The molecule has 0 bridgehead atoms. The van der Waals surface area contributed by atoms with Crippen molar-refractivity contribution in [2.75, 3.05) is 25.0 Å². The second-order valence-corrected chi connectivity index (χ2v) is 5.15. The summed E-state index contributed by atoms with van der Waals surface area (Å²) in [5.74, 6) is -0.253. The summed E-state index contributed by atoms with van der Waals surface area (Å²) in [6.45, 7) is 2.29. The second kappa shape index (κ2) is 6.75. The molecule has 104 valence electrons. The van der Waals surface area contributed by atoms with Crippen molar-refractivity contribution in [1.82, 2.24) is 4.90 Å². The van der Waals surface area contributed by atoms with Crippen LogP contribution in [-0.2, 0) is 4.79 Å². The van der Waals surface area contributed by atoms with E-state index in [0.717, 1.165) is 31.6 Å². The smallest absolute Gasteiger partial charge is 0.224 e. The maximum atomic E-state index is 13.0. The van der Waals surface area contributed by atoms with Crippen molar-refractivity contribution in [2.24, 2.45) is 0 Å². The first kappa shape index (κ1) is 14.1. The Morgan fingerprint density at radius 3 is 2.74 bits per heavy atom. The Labute approximate surface area is 117 Å². The number of carbonyl (C=O) groups is 1. The third-order valence-corrected chi connectivity index (χ3v) is 3.59. The van der Waals surface area contributed by atoms with Gasteiger partial charge in [-0.1, -0.05) is 11.6 Å². The molecule has 0 radical (unpaired) electrons. The van der Waals surface area contributed by atoms with Crippen LogP contribution in [0.5, 0.6) is 0 Å². The van der Waals surface area contributed by atoms with Gasteiger partial charge in [-0.15, -0.1) is 0 Å². The second-order valence-electron chi connectivity index (χ2n) is 4.75. The van der Waals surface area contributed by atoms with Gasteiger partial charge in [-0.05, 0) is 37.5 Å². The van der Waals surface area contributed by atoms with Crippen molar-refractivity contribution in [1.29, 1.82) is 0 Å². The van der Waals surface area contributed by atoms with Crippen LogP contribution in [0, 0.1) is 5.82 Å². The zero-order valence-corrected chi connectivity index (χ0v) is 11.5. The molecule has 1 aromatic rings. The molecule has 1 heterocycles. The van der Waals surface area contributed by atoms with Gasteiger partial charge in [-0.25, -0.2) is 4.39 Å². The van der Waals surface area contributed by atoms with Gasteiger partial charge in [0.15, 0.2) is 0 Å². The molecule has 0 atom stereocenters. The number of halogens is 2. The molecule has 0 saturated carbocycles. The lowest BCUT2D eigenvalue weighted by molar-refractivity contribution is -0.131. The van der Waals surface area contributed by atoms with Crippen LogP contribution < -0.4 is 5.32 Å². The summed E-state index contributed by atoms with van der Waals surface area (Å²) in [5.41, 5.74) is 0.734. The number of piperidine rings is 1. The normalized spacial score (nSPS) is 15.4. The topological polar surface area (TPSA) is 32.3 Å². The molecule has 1 N–H and O–H groups in total. The fraction of sp³-hybridized carbons (Fsp3) is 0.500. The number of hydrogen-bond acceptors (Lipinski definition) is 2. The van der Waals surface area contributed by atoms with E-state index in [-0.39, 0.29) is 10.9 Å². The van der Waals surface area contributed by atoms with E-state index in [0.29, 0.717) is 13.0 Å². The van der Waals surface area contributed by atoms with Crippen molar-refractivity contribution in [3.8, 4) is 0 Å². The maximum Gasteiger partial charge on any atom is 0.224 e. The van der Waals surface area contributed by atoms with Crippen molar-refractivity contribution in [2.45, 2.75) is 25.7 Å². The number of nitrogens with one attached hydrogen (secondary N) is 1. The van der Waals surface area contributed by atoms with E-state index >= 15 is 0 Å². The molecule has 1 amide bonds. The first-order chi connectivity index (χ1) is 9.16. The van der Waals surface area contributed by atoms with Gasteiger partial charge < -0.3 is 10.2 Å². The lowest BCUT2D eigenvalue weighted by Gasteiger charge is -2.26. The van der Waals surface area contributed by atoms with Crippen LogP contribution in [0.1, 0.15) is 25.7 Å². The minimum absolute atomic E-state index is 0.0901. The maximum absolute atomic E-state index is 13.0. The zero-order valence-electron chi connectivity index (χ0n) is 10.8. The number of hydrogen-bond donors (Lipinski definition) is 1. The van der Waals surface area contributed by atoms with Gasteiger partial charge in [0.1, 0.15) is 5.82 Å². The number of benzene rings is 1. The van der Waals surface area contributed by atoms with Crippen molar-refractivity contribution < 1.29 is 9.18 Å². The molecule has 1 aliphatic heterocycles. The average molecular weight is 285 g/mol. The summed E-state index contributed by atoms with van der Waals surface area (Å²) in [6, 6.07) is 4.46. The SMILES string of the molecule is O=C(CCNc1ccc(F)c(Cl)c1)N1CCCCC1. The molecule has 3 nitrogen and oxygen atoms in total. The highest BCUT2D eigenvalue weighted by molar-refractivity contribution is 6.31. The van der Waals surface area contributed by atoms with Crippen molar-refractivity contribution in [3.63, 3.8) is 0 Å². The van der Waals surface area contributed by atoms with Crippen LogP contribution in [0.25, 0.3) is 0 Å². The minimum Gasteiger partial charge on any atom is -0.384 e. The highest BCUT2D eigenvalue weighted by Gasteiger charge is 2.15. The van der Waals surface area contributed by atoms with E-state index < -0.39 is 5.82 Å². The first-order valence-electron chi connectivity index (χ1n) is 6.63. The van der Waals surface area contributed by atoms with Gasteiger partial charge in [-0.2, -0.15) is 0 Å². The van der Waals surface area contributed by atoms with E-state index in [1.54, 1.807) is 6.07 Å². The average Bonchev–Trinajstić information content (AvgIpc) is 2.43. The third kappa shape index (κ3) is 4.10. The molecule has 1 saturated heterocycles. The predicted octanol–water partition coefficient (Wildman–Crippen LogP) is 3.29. The molecule has 19 heavy (non-hydrogen) atoms. The first-order valence-corrected chi connectivity index (χ1v) is 7.01. The zero-order chi connectivity index (χ0) is 13.7. The van der Waals surface area contributed by atoms with Gasteiger partial charge in [0.05, 0.1) is 5.02 Å². The quantitative estimate of drug-likeness (QED) is 0.920. The van der Waals surface area contributed by atoms with Crippen LogP contribution in [-0.4, -0.2) is 30.4 Å². The predicted molar refractivity (Wildman–Crippen MR) is 74.9 cm³/mol. The Bertz CT molecular complexity index is 447. The van der Waals surface area contributed by atoms with Crippen LogP contribution in [0.4, 0.5) is 10.1 Å². The Hall–Kier alpha value is -1.29. The van der Waals surface area contributed by atoms with E-state index in [2.05, 4.69) is 5.32 Å². The molecular formula is C14H18ClFN2O. The standard InChI is InChI=1S/C14H18ClFN2O/c15-12-10-11(4-5-13(12)16)17-7-6-14(19)18-8-2-1-3-9-18/h4-5,10,17H,1-3,6-9H2. The summed E-state index contributed by atoms with van der Waals surface area (Å²) in [6.07, 6.45) is 3.88. The van der Waals surface area contributed by atoms with Gasteiger partial charge >= 0.3 is 0 Å². The van der Waals surface area contributed by atoms with Crippen molar-refractivity contribution in [3.05, 3.63) is 29.0 Å². The number of nitrogens with zero attached hydrogens (tertiary/aromatic N) is 1. The highest BCUT2D eigenvalue weighted by Crippen LogP contribution is 2.19. The highest BCUT2D eigenvalue weighted by atomic mass is 35.5. The van der Waals surface area contributed by atoms with E-state index in [4.69, 9.17) is 11.6 Å². The largest absolute Gasteiger partial charge is 0.384 e. The summed E-state index contributed by atoms with van der Waals surface area (Å²) in [5, 5.41) is 3.17. The monoisotopic (exact) mass is 284 g/mol. The van der Waals surface area contributed by atoms with E-state index in [1.807, 2.05) is 4.90 Å². The minimum atomic E-state index is -0.434. The number of anilines is 1. The molecule has 5 heteroatoms. The lowest BCUT2D eigenvalue weighted by Crippen LogP contribution is -2.36. The fourth-order valence-electron chi connectivity index (χ4n) is 2.22. The molecule has 2 rings (SSSR count). The Morgan fingerprint density at radius 2 is 2.05 bits per heavy atom. The van der Waals surface area contributed by atoms with Crippen LogP contribution in [0.2, 0.25) is 5.02 Å². The molecule has 0 unspecified atom stereocenters. The molecule has 0 aromatic heterocycles. The summed E-state index contributed by atoms with van der Waals surface area (Å²) in [7, 11) is 0. The van der Waals surface area contributed by atoms with Gasteiger partial charge in [0.2, 0.25) is 5.91 Å². The fourth-order valence-corrected chi connectivity index (χ4v) is 2.40. The number of amides is 1. The number of rotatable bonds is 4. The van der Waals surface area contributed by atoms with Gasteiger partial charge in [0.25, 0.3) is 0 Å². The summed E-state index contributed by atoms with van der Waals surface area (Å²) >= 11 is 5.69. The number of likely N-dealkylation sites (tertiary alicyclic amines) is 1. The Kier molecular flexibility index (Phi) is 5.02. The van der Waals surface area contributed by atoms with E-state index in [1.165, 1.54) is 18.6 Å². The van der Waals surface area contributed by atoms with Gasteiger partial charge in [-0.3, -0.25) is 4.79 Å². The summed E-state index contributed by atoms with van der Waals surface area (Å²) in [4.78, 5) is 13.8. The molecule has 1 aliphatic rings. The van der Waals surface area contributed by atoms with Crippen LogP contribution in [0.15, 0.2) is 18.2 Å². The third-order valence-electron chi connectivity index (χ3n) is 3.30. The molecule has 1 aromatic carbocycles. The molecular weight excluding hydrogens is 267 g/mol. The Balaban J connectivity index is 1.76. The summed E-state index contributed by atoms with van der Waals surface area (Å²) < 4.78 is 13.0. The van der Waals surface area contributed by atoms with Crippen LogP contribution in [0.3, 0.4) is 0 Å². The molecule has 1 fully saturated rings. The van der Waals surface area contributed by atoms with E-state index in [9.17, 15) is 9.18 Å². The molecule has 0 aliphatic carbocycles. The lowest BCUT2D eigenvalue weighted by atomic mass is 10.1. The molecule has 0 spiro atoms. The Morgan fingerprint density at radius 1 is 1.32 bits per heavy atom.